The fourth-order valence-electron chi connectivity index (χ4n) is 1.47. The second-order valence-corrected chi connectivity index (χ2v) is 4.10. The molecule has 0 saturated heterocycles. The molecule has 1 rings (SSSR count). The van der Waals surface area contributed by atoms with E-state index in [1.165, 1.54) is 14.2 Å². The van der Waals surface area contributed by atoms with Crippen molar-refractivity contribution in [3.05, 3.63) is 21.9 Å². The minimum Gasteiger partial charge on any atom is -0.492 e. The molecule has 0 aliphatic rings. The van der Waals surface area contributed by atoms with Gasteiger partial charge in [-0.3, -0.25) is 0 Å². The number of benzene rings is 1. The highest BCUT2D eigenvalue weighted by molar-refractivity contribution is 9.10. The molecule has 18 heavy (non-hydrogen) atoms. The molecule has 5 nitrogen and oxygen atoms in total. The average molecular weight is 323 g/mol. The third kappa shape index (κ3) is 2.56. The van der Waals surface area contributed by atoms with Crippen LogP contribution in [0, 0.1) is 5.82 Å². The third-order valence-electron chi connectivity index (χ3n) is 2.28. The molecule has 1 N–H and O–H groups in total. The zero-order valence-electron chi connectivity index (χ0n) is 9.99. The van der Waals surface area contributed by atoms with Gasteiger partial charge in [-0.1, -0.05) is 15.9 Å². The first-order valence-electron chi connectivity index (χ1n) is 4.83. The number of ether oxygens (including phenoxy) is 3. The summed E-state index contributed by atoms with van der Waals surface area (Å²) in [5.74, 6) is -1.83. The maximum Gasteiger partial charge on any atom is 0.339 e. The van der Waals surface area contributed by atoms with E-state index >= 15 is 0 Å². The van der Waals surface area contributed by atoms with E-state index < -0.39 is 17.9 Å². The van der Waals surface area contributed by atoms with Gasteiger partial charge in [0.1, 0.15) is 0 Å². The fourth-order valence-corrected chi connectivity index (χ4v) is 2.07. The molecule has 0 aromatic heterocycles. The average Bonchev–Trinajstić information content (AvgIpc) is 2.36. The van der Waals surface area contributed by atoms with Gasteiger partial charge in [0, 0.05) is 4.47 Å². The van der Waals surface area contributed by atoms with Crippen molar-refractivity contribution in [2.75, 3.05) is 21.3 Å². The van der Waals surface area contributed by atoms with Crippen LogP contribution in [0.4, 0.5) is 4.39 Å². The molecule has 0 amide bonds. The summed E-state index contributed by atoms with van der Waals surface area (Å²) in [5, 5.41) is 9.83. The van der Waals surface area contributed by atoms with Crippen molar-refractivity contribution in [1.29, 1.82) is 0 Å². The predicted molar refractivity (Wildman–Crippen MR) is 64.2 cm³/mol. The number of aliphatic hydroxyl groups excluding tert-OH is 1. The Labute approximate surface area is 112 Å². The molecule has 0 aliphatic carbocycles. The summed E-state index contributed by atoms with van der Waals surface area (Å²) in [7, 11) is 3.66. The van der Waals surface area contributed by atoms with E-state index in [1.807, 2.05) is 0 Å². The molecule has 7 heteroatoms. The normalized spacial score (nSPS) is 11.9. The van der Waals surface area contributed by atoms with Crippen LogP contribution >= 0.6 is 15.9 Å². The summed E-state index contributed by atoms with van der Waals surface area (Å²) < 4.78 is 28.0. The monoisotopic (exact) mass is 322 g/mol. The van der Waals surface area contributed by atoms with E-state index in [1.54, 1.807) is 0 Å². The molecule has 1 aromatic carbocycles. The lowest BCUT2D eigenvalue weighted by molar-refractivity contribution is -0.150. The van der Waals surface area contributed by atoms with Gasteiger partial charge in [0.15, 0.2) is 23.4 Å². The molecule has 1 unspecified atom stereocenters. The summed E-state index contributed by atoms with van der Waals surface area (Å²) in [6.07, 6.45) is -1.60. The van der Waals surface area contributed by atoms with Gasteiger partial charge in [-0.2, -0.15) is 0 Å². The topological polar surface area (TPSA) is 65.0 Å². The first-order valence-corrected chi connectivity index (χ1v) is 5.63. The van der Waals surface area contributed by atoms with Crippen LogP contribution in [0.1, 0.15) is 11.7 Å². The lowest BCUT2D eigenvalue weighted by Crippen LogP contribution is -2.15. The molecule has 1 atom stereocenters. The van der Waals surface area contributed by atoms with Crippen LogP contribution in [0.5, 0.6) is 11.5 Å². The quantitative estimate of drug-likeness (QED) is 0.856. The molecule has 0 heterocycles. The largest absolute Gasteiger partial charge is 0.492 e. The molecule has 0 aliphatic heterocycles. The number of carbonyl (C=O) groups is 1. The third-order valence-corrected chi connectivity index (χ3v) is 2.94. The Bertz CT molecular complexity index is 463. The molecule has 0 radical (unpaired) electrons. The lowest BCUT2D eigenvalue weighted by Gasteiger charge is -2.17. The van der Waals surface area contributed by atoms with Crippen molar-refractivity contribution >= 4 is 21.9 Å². The molecular weight excluding hydrogens is 311 g/mol. The van der Waals surface area contributed by atoms with E-state index in [2.05, 4.69) is 20.7 Å². The Morgan fingerprint density at radius 1 is 1.33 bits per heavy atom. The molecule has 0 fully saturated rings. The number of methoxy groups -OCH3 is 3. The molecule has 1 aromatic rings. The number of halogens is 2. The van der Waals surface area contributed by atoms with E-state index in [9.17, 15) is 14.3 Å². The molecule has 0 saturated carbocycles. The number of hydrogen-bond donors (Lipinski definition) is 1. The van der Waals surface area contributed by atoms with Crippen LogP contribution in [0.2, 0.25) is 0 Å². The Morgan fingerprint density at radius 3 is 2.33 bits per heavy atom. The van der Waals surface area contributed by atoms with Crippen LogP contribution < -0.4 is 9.47 Å². The maximum atomic E-state index is 13.6. The van der Waals surface area contributed by atoms with Gasteiger partial charge in [-0.05, 0) is 6.07 Å². The predicted octanol–water partition coefficient (Wildman–Crippen LogP) is 1.81. The Morgan fingerprint density at radius 2 is 1.89 bits per heavy atom. The number of aliphatic hydroxyl groups is 1. The van der Waals surface area contributed by atoms with Crippen molar-refractivity contribution in [3.63, 3.8) is 0 Å². The lowest BCUT2D eigenvalue weighted by atomic mass is 10.1. The number of hydrogen-bond acceptors (Lipinski definition) is 5. The standard InChI is InChI=1S/C11H12BrFO5/c1-16-9-6(13)4-5(12)7(10(9)17-2)8(14)11(15)18-3/h4,8,14H,1-3H3. The first-order chi connectivity index (χ1) is 8.47. The number of carbonyl (C=O) groups excluding carboxylic acids is 1. The fraction of sp³-hybridized carbons (Fsp3) is 0.364. The second kappa shape index (κ2) is 6.01. The van der Waals surface area contributed by atoms with Gasteiger partial charge in [-0.15, -0.1) is 0 Å². The van der Waals surface area contributed by atoms with Crippen molar-refractivity contribution in [3.8, 4) is 11.5 Å². The second-order valence-electron chi connectivity index (χ2n) is 3.25. The summed E-state index contributed by atoms with van der Waals surface area (Å²) >= 11 is 3.06. The van der Waals surface area contributed by atoms with E-state index in [-0.39, 0.29) is 21.5 Å². The van der Waals surface area contributed by atoms with Crippen LogP contribution in [0.25, 0.3) is 0 Å². The van der Waals surface area contributed by atoms with Crippen LogP contribution in [-0.2, 0) is 9.53 Å². The highest BCUT2D eigenvalue weighted by Crippen LogP contribution is 2.42. The Kier molecular flexibility index (Phi) is 4.92. The number of esters is 1. The van der Waals surface area contributed by atoms with Gasteiger partial charge in [-0.25, -0.2) is 9.18 Å². The Balaban J connectivity index is 3.46. The van der Waals surface area contributed by atoms with Crippen molar-refractivity contribution in [2.24, 2.45) is 0 Å². The minimum atomic E-state index is -1.60. The van der Waals surface area contributed by atoms with Crippen LogP contribution in [0.3, 0.4) is 0 Å². The minimum absolute atomic E-state index is 0.0441. The van der Waals surface area contributed by atoms with Crippen molar-refractivity contribution < 1.29 is 28.5 Å². The first kappa shape index (κ1) is 14.7. The zero-order valence-corrected chi connectivity index (χ0v) is 11.6. The smallest absolute Gasteiger partial charge is 0.339 e. The van der Waals surface area contributed by atoms with Gasteiger partial charge in [0.25, 0.3) is 0 Å². The van der Waals surface area contributed by atoms with Crippen molar-refractivity contribution in [1.82, 2.24) is 0 Å². The molecule has 100 valence electrons. The summed E-state index contributed by atoms with van der Waals surface area (Å²) in [4.78, 5) is 11.3. The van der Waals surface area contributed by atoms with Gasteiger partial charge in [0.2, 0.25) is 0 Å². The maximum absolute atomic E-state index is 13.6. The van der Waals surface area contributed by atoms with E-state index in [4.69, 9.17) is 9.47 Å². The SMILES string of the molecule is COC(=O)C(O)c1c(Br)cc(F)c(OC)c1OC. The van der Waals surface area contributed by atoms with Gasteiger partial charge >= 0.3 is 5.97 Å². The zero-order chi connectivity index (χ0) is 13.9. The molecule has 0 bridgehead atoms. The van der Waals surface area contributed by atoms with Crippen LogP contribution in [-0.4, -0.2) is 32.4 Å². The summed E-state index contributed by atoms with van der Waals surface area (Å²) in [5.41, 5.74) is 0.0441. The van der Waals surface area contributed by atoms with Crippen molar-refractivity contribution in [2.45, 2.75) is 6.10 Å². The van der Waals surface area contributed by atoms with E-state index in [0.29, 0.717) is 0 Å². The van der Waals surface area contributed by atoms with Gasteiger partial charge < -0.3 is 19.3 Å². The molecule has 0 spiro atoms. The van der Waals surface area contributed by atoms with Gasteiger partial charge in [0.05, 0.1) is 26.9 Å². The van der Waals surface area contributed by atoms with Crippen LogP contribution in [0.15, 0.2) is 10.5 Å². The van der Waals surface area contributed by atoms with E-state index in [0.717, 1.165) is 13.2 Å². The molecular formula is C11H12BrFO5. The highest BCUT2D eigenvalue weighted by atomic mass is 79.9. The Hall–Kier alpha value is -1.34. The summed E-state index contributed by atoms with van der Waals surface area (Å²) in [6.45, 7) is 0. The highest BCUT2D eigenvalue weighted by Gasteiger charge is 2.29. The number of rotatable bonds is 4. The summed E-state index contributed by atoms with van der Waals surface area (Å²) in [6, 6.07) is 1.07.